The molecule has 0 bridgehead atoms. The molecular formula is C24H23N3O4. The second-order valence-corrected chi connectivity index (χ2v) is 7.35. The van der Waals surface area contributed by atoms with Gasteiger partial charge in [0, 0.05) is 28.9 Å². The summed E-state index contributed by atoms with van der Waals surface area (Å²) in [6.45, 7) is 1.40. The van der Waals surface area contributed by atoms with Crippen molar-refractivity contribution in [1.29, 1.82) is 0 Å². The number of benzene rings is 2. The van der Waals surface area contributed by atoms with Crippen LogP contribution in [0.5, 0.6) is 0 Å². The summed E-state index contributed by atoms with van der Waals surface area (Å²) in [5, 5.41) is 7.21. The molecule has 0 unspecified atom stereocenters. The standard InChI is InChI=1S/C24H23N3O4/c1-2-22(29)25-17-13-11-16(12-14-17)21(28)15-31-24(30)23-19-9-6-10-20(19)27(26-23)18-7-4-3-5-8-18/h3-5,7-8,11-14H,2,6,9-10,15H2,1H3,(H,25,29). The van der Waals surface area contributed by atoms with E-state index in [-0.39, 0.29) is 24.0 Å². The number of nitrogens with zero attached hydrogens (tertiary/aromatic N) is 2. The van der Waals surface area contributed by atoms with Gasteiger partial charge in [0.2, 0.25) is 5.91 Å². The van der Waals surface area contributed by atoms with E-state index < -0.39 is 5.97 Å². The van der Waals surface area contributed by atoms with Crippen LogP contribution in [-0.4, -0.2) is 34.0 Å². The third-order valence-electron chi connectivity index (χ3n) is 5.27. The predicted molar refractivity (Wildman–Crippen MR) is 116 cm³/mol. The Labute approximate surface area is 180 Å². The number of anilines is 1. The highest BCUT2D eigenvalue weighted by atomic mass is 16.5. The molecule has 4 rings (SSSR count). The maximum Gasteiger partial charge on any atom is 0.359 e. The number of para-hydroxylation sites is 1. The highest BCUT2D eigenvalue weighted by molar-refractivity contribution is 6.00. The predicted octanol–water partition coefficient (Wildman–Crippen LogP) is 3.75. The number of esters is 1. The Morgan fingerprint density at radius 3 is 2.48 bits per heavy atom. The molecule has 158 valence electrons. The number of ketones is 1. The Kier molecular flexibility index (Phi) is 5.93. The first-order valence-electron chi connectivity index (χ1n) is 10.3. The number of amides is 1. The van der Waals surface area contributed by atoms with Crippen molar-refractivity contribution in [3.05, 3.63) is 77.1 Å². The van der Waals surface area contributed by atoms with Crippen LogP contribution in [0.25, 0.3) is 5.69 Å². The Hall–Kier alpha value is -3.74. The summed E-state index contributed by atoms with van der Waals surface area (Å²) in [7, 11) is 0. The number of hydrogen-bond donors (Lipinski definition) is 1. The summed E-state index contributed by atoms with van der Waals surface area (Å²) in [5.41, 5.74) is 4.11. The van der Waals surface area contributed by atoms with Crippen molar-refractivity contribution in [2.45, 2.75) is 32.6 Å². The molecule has 0 aliphatic heterocycles. The van der Waals surface area contributed by atoms with Crippen LogP contribution >= 0.6 is 0 Å². The lowest BCUT2D eigenvalue weighted by atomic mass is 10.1. The molecule has 0 radical (unpaired) electrons. The molecule has 7 heteroatoms. The van der Waals surface area contributed by atoms with Crippen molar-refractivity contribution < 1.29 is 19.1 Å². The molecule has 0 spiro atoms. The van der Waals surface area contributed by atoms with Crippen LogP contribution in [0.4, 0.5) is 5.69 Å². The van der Waals surface area contributed by atoms with Crippen LogP contribution in [0.3, 0.4) is 0 Å². The Balaban J connectivity index is 1.43. The molecule has 7 nitrogen and oxygen atoms in total. The lowest BCUT2D eigenvalue weighted by molar-refractivity contribution is -0.115. The first-order chi connectivity index (χ1) is 15.1. The highest BCUT2D eigenvalue weighted by Crippen LogP contribution is 2.28. The molecule has 0 fully saturated rings. The maximum atomic E-state index is 12.7. The molecule has 2 aromatic carbocycles. The van der Waals surface area contributed by atoms with Gasteiger partial charge in [-0.05, 0) is 55.7 Å². The Morgan fingerprint density at radius 2 is 1.77 bits per heavy atom. The number of nitrogens with one attached hydrogen (secondary N) is 1. The van der Waals surface area contributed by atoms with E-state index in [1.54, 1.807) is 35.9 Å². The second-order valence-electron chi connectivity index (χ2n) is 7.35. The van der Waals surface area contributed by atoms with Gasteiger partial charge in [-0.15, -0.1) is 0 Å². The highest BCUT2D eigenvalue weighted by Gasteiger charge is 2.28. The number of Topliss-reactive ketones (excluding diaryl/α,β-unsaturated/α-hetero) is 1. The smallest absolute Gasteiger partial charge is 0.359 e. The van der Waals surface area contributed by atoms with Gasteiger partial charge in [0.25, 0.3) is 0 Å². The van der Waals surface area contributed by atoms with Gasteiger partial charge in [0.05, 0.1) is 5.69 Å². The van der Waals surface area contributed by atoms with E-state index in [1.165, 1.54) is 0 Å². The fourth-order valence-corrected chi connectivity index (χ4v) is 3.66. The van der Waals surface area contributed by atoms with Crippen molar-refractivity contribution in [1.82, 2.24) is 9.78 Å². The average Bonchev–Trinajstić information content (AvgIpc) is 3.41. The van der Waals surface area contributed by atoms with Gasteiger partial charge < -0.3 is 10.1 Å². The monoisotopic (exact) mass is 417 g/mol. The van der Waals surface area contributed by atoms with E-state index in [1.807, 2.05) is 30.3 Å². The molecule has 1 aliphatic carbocycles. The lowest BCUT2D eigenvalue weighted by Crippen LogP contribution is -2.16. The third-order valence-corrected chi connectivity index (χ3v) is 5.27. The summed E-state index contributed by atoms with van der Waals surface area (Å²) in [6, 6.07) is 16.2. The molecule has 3 aromatic rings. The molecule has 1 aliphatic rings. The number of ether oxygens (including phenoxy) is 1. The molecule has 0 saturated carbocycles. The molecule has 31 heavy (non-hydrogen) atoms. The Morgan fingerprint density at radius 1 is 1.03 bits per heavy atom. The van der Waals surface area contributed by atoms with Crippen LogP contribution in [0, 0.1) is 0 Å². The summed E-state index contributed by atoms with van der Waals surface area (Å²) >= 11 is 0. The van der Waals surface area contributed by atoms with Gasteiger partial charge in [-0.2, -0.15) is 5.10 Å². The van der Waals surface area contributed by atoms with Gasteiger partial charge in [-0.1, -0.05) is 25.1 Å². The van der Waals surface area contributed by atoms with Crippen molar-refractivity contribution in [3.63, 3.8) is 0 Å². The zero-order chi connectivity index (χ0) is 21.8. The molecule has 1 N–H and O–H groups in total. The Bertz CT molecular complexity index is 1120. The average molecular weight is 417 g/mol. The molecule has 1 aromatic heterocycles. The van der Waals surface area contributed by atoms with Crippen molar-refractivity contribution in [2.24, 2.45) is 0 Å². The third kappa shape index (κ3) is 4.40. The SMILES string of the molecule is CCC(=O)Nc1ccc(C(=O)COC(=O)c2nn(-c3ccccc3)c3c2CCC3)cc1. The van der Waals surface area contributed by atoms with Gasteiger partial charge >= 0.3 is 5.97 Å². The van der Waals surface area contributed by atoms with Gasteiger partial charge in [-0.3, -0.25) is 9.59 Å². The molecule has 0 saturated heterocycles. The first kappa shape index (κ1) is 20.5. The number of carbonyl (C=O) groups excluding carboxylic acids is 3. The summed E-state index contributed by atoms with van der Waals surface area (Å²) < 4.78 is 7.09. The van der Waals surface area contributed by atoms with E-state index in [0.29, 0.717) is 17.7 Å². The van der Waals surface area contributed by atoms with Crippen LogP contribution in [0.2, 0.25) is 0 Å². The van der Waals surface area contributed by atoms with Crippen molar-refractivity contribution in [2.75, 3.05) is 11.9 Å². The molecule has 1 amide bonds. The number of rotatable bonds is 7. The van der Waals surface area contributed by atoms with Crippen molar-refractivity contribution >= 4 is 23.3 Å². The van der Waals surface area contributed by atoms with Crippen LogP contribution in [0.1, 0.15) is 51.9 Å². The van der Waals surface area contributed by atoms with Gasteiger partial charge in [0.1, 0.15) is 0 Å². The minimum Gasteiger partial charge on any atom is -0.453 e. The molecule has 1 heterocycles. The normalized spacial score (nSPS) is 12.3. The minimum absolute atomic E-state index is 0.101. The zero-order valence-corrected chi connectivity index (χ0v) is 17.3. The van der Waals surface area contributed by atoms with Gasteiger partial charge in [-0.25, -0.2) is 9.48 Å². The van der Waals surface area contributed by atoms with Crippen LogP contribution in [-0.2, 0) is 22.4 Å². The van der Waals surface area contributed by atoms with E-state index >= 15 is 0 Å². The molecular weight excluding hydrogens is 394 g/mol. The van der Waals surface area contributed by atoms with E-state index in [0.717, 1.165) is 36.2 Å². The van der Waals surface area contributed by atoms with E-state index in [4.69, 9.17) is 4.74 Å². The summed E-state index contributed by atoms with van der Waals surface area (Å²) in [6.07, 6.45) is 2.95. The number of carbonyl (C=O) groups is 3. The largest absolute Gasteiger partial charge is 0.453 e. The molecule has 0 atom stereocenters. The summed E-state index contributed by atoms with van der Waals surface area (Å²) in [5.74, 6) is -1.01. The number of hydrogen-bond acceptors (Lipinski definition) is 5. The van der Waals surface area contributed by atoms with E-state index in [9.17, 15) is 14.4 Å². The van der Waals surface area contributed by atoms with Crippen molar-refractivity contribution in [3.8, 4) is 5.69 Å². The number of aromatic nitrogens is 2. The minimum atomic E-state index is -0.590. The topological polar surface area (TPSA) is 90.3 Å². The van der Waals surface area contributed by atoms with Crippen LogP contribution < -0.4 is 5.32 Å². The maximum absolute atomic E-state index is 12.7. The summed E-state index contributed by atoms with van der Waals surface area (Å²) in [4.78, 5) is 36.6. The quantitative estimate of drug-likeness (QED) is 0.467. The second kappa shape index (κ2) is 8.95. The zero-order valence-electron chi connectivity index (χ0n) is 17.3. The fourth-order valence-electron chi connectivity index (χ4n) is 3.66. The lowest BCUT2D eigenvalue weighted by Gasteiger charge is -2.06. The fraction of sp³-hybridized carbons (Fsp3) is 0.250. The van der Waals surface area contributed by atoms with Crippen LogP contribution in [0.15, 0.2) is 54.6 Å². The van der Waals surface area contributed by atoms with E-state index in [2.05, 4.69) is 10.4 Å². The van der Waals surface area contributed by atoms with Gasteiger partial charge in [0.15, 0.2) is 18.1 Å². The first-order valence-corrected chi connectivity index (χ1v) is 10.3. The number of fused-ring (bicyclic) bond motifs is 1.